The summed E-state index contributed by atoms with van der Waals surface area (Å²) in [6, 6.07) is 10.1. The molecule has 2 aliphatic rings. The Morgan fingerprint density at radius 3 is 2.74 bits per heavy atom. The summed E-state index contributed by atoms with van der Waals surface area (Å²) in [5.74, 6) is 0.551. The molecule has 2 N–H and O–H groups in total. The molecule has 3 heterocycles. The van der Waals surface area contributed by atoms with Crippen LogP contribution in [0.25, 0.3) is 10.9 Å². The standard InChI is InChI=1S/C21H24N4O2/c26-21(19-5-2-12-27-19)22-15-6-7-18-17(13-15)20(24-23-18)14-8-10-25(11-9-14)16-3-1-4-16/h2,5-7,12-14,16H,1,3-4,8-11H2,(H,22,26)(H,23,24). The molecule has 1 aromatic carbocycles. The lowest BCUT2D eigenvalue weighted by Crippen LogP contribution is -2.44. The molecule has 6 heteroatoms. The first kappa shape index (κ1) is 16.6. The molecule has 5 rings (SSSR count). The van der Waals surface area contributed by atoms with Gasteiger partial charge in [-0.1, -0.05) is 6.42 Å². The second-order valence-corrected chi connectivity index (χ2v) is 7.70. The molecule has 1 amide bonds. The first-order valence-electron chi connectivity index (χ1n) is 9.85. The smallest absolute Gasteiger partial charge is 0.291 e. The molecule has 0 bridgehead atoms. The van der Waals surface area contributed by atoms with Crippen LogP contribution in [0.3, 0.4) is 0 Å². The fourth-order valence-electron chi connectivity index (χ4n) is 4.31. The summed E-state index contributed by atoms with van der Waals surface area (Å²) in [5, 5.41) is 11.8. The van der Waals surface area contributed by atoms with Crippen LogP contribution in [0.15, 0.2) is 41.0 Å². The predicted molar refractivity (Wildman–Crippen MR) is 104 cm³/mol. The Bertz CT molecular complexity index is 934. The van der Waals surface area contributed by atoms with Gasteiger partial charge in [0, 0.05) is 23.0 Å². The Morgan fingerprint density at radius 1 is 1.19 bits per heavy atom. The summed E-state index contributed by atoms with van der Waals surface area (Å²) >= 11 is 0. The molecule has 140 valence electrons. The van der Waals surface area contributed by atoms with Gasteiger partial charge < -0.3 is 14.6 Å². The number of likely N-dealkylation sites (tertiary alicyclic amines) is 1. The lowest BCUT2D eigenvalue weighted by Gasteiger charge is -2.41. The van der Waals surface area contributed by atoms with Gasteiger partial charge in [-0.25, -0.2) is 0 Å². The van der Waals surface area contributed by atoms with Crippen LogP contribution >= 0.6 is 0 Å². The molecule has 0 radical (unpaired) electrons. The van der Waals surface area contributed by atoms with E-state index in [1.807, 2.05) is 18.2 Å². The van der Waals surface area contributed by atoms with Crippen LogP contribution < -0.4 is 5.32 Å². The molecule has 2 aromatic heterocycles. The van der Waals surface area contributed by atoms with Crippen molar-refractivity contribution in [2.24, 2.45) is 0 Å². The van der Waals surface area contributed by atoms with Gasteiger partial charge in [0.1, 0.15) is 0 Å². The molecular formula is C21H24N4O2. The van der Waals surface area contributed by atoms with Crippen LogP contribution in [0.5, 0.6) is 0 Å². The zero-order valence-electron chi connectivity index (χ0n) is 15.3. The van der Waals surface area contributed by atoms with Gasteiger partial charge in [-0.15, -0.1) is 0 Å². The van der Waals surface area contributed by atoms with Crippen molar-refractivity contribution in [2.75, 3.05) is 18.4 Å². The highest BCUT2D eigenvalue weighted by molar-refractivity contribution is 6.03. The van der Waals surface area contributed by atoms with Crippen molar-refractivity contribution in [3.05, 3.63) is 48.0 Å². The molecule has 3 aromatic rings. The third-order valence-corrected chi connectivity index (χ3v) is 6.10. The number of aromatic amines is 1. The Balaban J connectivity index is 1.33. The molecule has 6 nitrogen and oxygen atoms in total. The Kier molecular flexibility index (Phi) is 4.20. The van der Waals surface area contributed by atoms with E-state index in [4.69, 9.17) is 4.42 Å². The van der Waals surface area contributed by atoms with E-state index in [2.05, 4.69) is 20.4 Å². The first-order valence-corrected chi connectivity index (χ1v) is 9.85. The number of benzene rings is 1. The number of carbonyl (C=O) groups excluding carboxylic acids is 1. The highest BCUT2D eigenvalue weighted by Crippen LogP contribution is 2.35. The second-order valence-electron chi connectivity index (χ2n) is 7.70. The fraction of sp³-hybridized carbons (Fsp3) is 0.429. The SMILES string of the molecule is O=C(Nc1ccc2[nH]nc(C3CCN(C4CCC4)CC3)c2c1)c1ccco1. The van der Waals surface area contributed by atoms with E-state index in [0.29, 0.717) is 11.7 Å². The average Bonchev–Trinajstić information content (AvgIpc) is 3.31. The van der Waals surface area contributed by atoms with Gasteiger partial charge in [0.05, 0.1) is 17.5 Å². The van der Waals surface area contributed by atoms with Crippen molar-refractivity contribution in [3.8, 4) is 0 Å². The molecule has 27 heavy (non-hydrogen) atoms. The maximum absolute atomic E-state index is 12.2. The lowest BCUT2D eigenvalue weighted by molar-refractivity contribution is 0.0971. The number of amides is 1. The third kappa shape index (κ3) is 3.14. The van der Waals surface area contributed by atoms with Crippen molar-refractivity contribution in [1.29, 1.82) is 0 Å². The first-order chi connectivity index (χ1) is 13.3. The Labute approximate surface area is 157 Å². The number of furan rings is 1. The van der Waals surface area contributed by atoms with Crippen LogP contribution in [0, 0.1) is 0 Å². The summed E-state index contributed by atoms with van der Waals surface area (Å²) in [5.41, 5.74) is 2.91. The number of hydrogen-bond acceptors (Lipinski definition) is 4. The van der Waals surface area contributed by atoms with Crippen molar-refractivity contribution >= 4 is 22.5 Å². The van der Waals surface area contributed by atoms with E-state index >= 15 is 0 Å². The average molecular weight is 364 g/mol. The van der Waals surface area contributed by atoms with Gasteiger partial charge in [-0.2, -0.15) is 5.10 Å². The highest BCUT2D eigenvalue weighted by Gasteiger charge is 2.30. The molecule has 1 saturated heterocycles. The van der Waals surface area contributed by atoms with Gasteiger partial charge >= 0.3 is 0 Å². The van der Waals surface area contributed by atoms with Crippen molar-refractivity contribution in [1.82, 2.24) is 15.1 Å². The predicted octanol–water partition coefficient (Wildman–Crippen LogP) is 4.14. The maximum Gasteiger partial charge on any atom is 0.291 e. The lowest BCUT2D eigenvalue weighted by atomic mass is 9.86. The number of anilines is 1. The Hall–Kier alpha value is -2.60. The van der Waals surface area contributed by atoms with E-state index in [1.54, 1.807) is 12.1 Å². The number of fused-ring (bicyclic) bond motifs is 1. The van der Waals surface area contributed by atoms with Crippen LogP contribution in [0.2, 0.25) is 0 Å². The van der Waals surface area contributed by atoms with Crippen LogP contribution in [0.4, 0.5) is 5.69 Å². The summed E-state index contributed by atoms with van der Waals surface area (Å²) in [7, 11) is 0. The highest BCUT2D eigenvalue weighted by atomic mass is 16.3. The number of piperidine rings is 1. The van der Waals surface area contributed by atoms with Crippen molar-refractivity contribution in [2.45, 2.75) is 44.1 Å². The number of nitrogens with one attached hydrogen (secondary N) is 2. The number of rotatable bonds is 4. The summed E-state index contributed by atoms with van der Waals surface area (Å²) in [6.45, 7) is 2.33. The fourth-order valence-corrected chi connectivity index (χ4v) is 4.31. The number of carbonyl (C=O) groups is 1. The molecule has 0 atom stereocenters. The molecule has 1 aliphatic carbocycles. The van der Waals surface area contributed by atoms with Crippen LogP contribution in [-0.4, -0.2) is 40.1 Å². The third-order valence-electron chi connectivity index (χ3n) is 6.10. The number of hydrogen-bond donors (Lipinski definition) is 2. The zero-order chi connectivity index (χ0) is 18.2. The number of aromatic nitrogens is 2. The largest absolute Gasteiger partial charge is 0.459 e. The molecule has 2 fully saturated rings. The maximum atomic E-state index is 12.2. The quantitative estimate of drug-likeness (QED) is 0.730. The number of nitrogens with zero attached hydrogens (tertiary/aromatic N) is 2. The Morgan fingerprint density at radius 2 is 2.04 bits per heavy atom. The molecule has 1 aliphatic heterocycles. The van der Waals surface area contributed by atoms with Gasteiger partial charge in [-0.05, 0) is 69.1 Å². The van der Waals surface area contributed by atoms with Crippen LogP contribution in [0.1, 0.15) is 54.3 Å². The minimum Gasteiger partial charge on any atom is -0.459 e. The van der Waals surface area contributed by atoms with Crippen molar-refractivity contribution < 1.29 is 9.21 Å². The molecule has 1 saturated carbocycles. The minimum atomic E-state index is -0.238. The van der Waals surface area contributed by atoms with E-state index < -0.39 is 0 Å². The number of H-pyrrole nitrogens is 1. The van der Waals surface area contributed by atoms with E-state index in [9.17, 15) is 4.79 Å². The molecule has 0 unspecified atom stereocenters. The minimum absolute atomic E-state index is 0.238. The summed E-state index contributed by atoms with van der Waals surface area (Å²) in [4.78, 5) is 14.9. The topological polar surface area (TPSA) is 74.2 Å². The van der Waals surface area contributed by atoms with Gasteiger partial charge in [-0.3, -0.25) is 9.89 Å². The van der Waals surface area contributed by atoms with E-state index in [-0.39, 0.29) is 5.91 Å². The van der Waals surface area contributed by atoms with Gasteiger partial charge in [0.15, 0.2) is 5.76 Å². The normalized spacial score (nSPS) is 19.3. The van der Waals surface area contributed by atoms with Gasteiger partial charge in [0.25, 0.3) is 5.91 Å². The van der Waals surface area contributed by atoms with Crippen molar-refractivity contribution in [3.63, 3.8) is 0 Å². The molecule has 0 spiro atoms. The summed E-state index contributed by atoms with van der Waals surface area (Å²) in [6.07, 6.45) is 7.94. The zero-order valence-corrected chi connectivity index (χ0v) is 15.3. The monoisotopic (exact) mass is 364 g/mol. The van der Waals surface area contributed by atoms with E-state index in [1.165, 1.54) is 38.6 Å². The summed E-state index contributed by atoms with van der Waals surface area (Å²) < 4.78 is 5.17. The second kappa shape index (κ2) is 6.85. The van der Waals surface area contributed by atoms with E-state index in [0.717, 1.165) is 41.2 Å². The molecular weight excluding hydrogens is 340 g/mol. The van der Waals surface area contributed by atoms with Gasteiger partial charge in [0.2, 0.25) is 0 Å². The van der Waals surface area contributed by atoms with Crippen LogP contribution in [-0.2, 0) is 0 Å².